The van der Waals surface area contributed by atoms with E-state index in [9.17, 15) is 4.79 Å². The van der Waals surface area contributed by atoms with Crippen molar-refractivity contribution in [2.75, 3.05) is 40.0 Å². The van der Waals surface area contributed by atoms with Gasteiger partial charge >= 0.3 is 0 Å². The maximum atomic E-state index is 11.5. The molecule has 2 atom stereocenters. The van der Waals surface area contributed by atoms with Crippen LogP contribution < -0.4 is 10.6 Å². The van der Waals surface area contributed by atoms with Crippen molar-refractivity contribution >= 4 is 18.3 Å². The van der Waals surface area contributed by atoms with Gasteiger partial charge in [-0.1, -0.05) is 19.8 Å². The van der Waals surface area contributed by atoms with Gasteiger partial charge in [0.25, 0.3) is 0 Å². The quantitative estimate of drug-likeness (QED) is 0.631. The molecular weight excluding hydrogens is 280 g/mol. The van der Waals surface area contributed by atoms with E-state index in [4.69, 9.17) is 9.47 Å². The zero-order valence-electron chi connectivity index (χ0n) is 12.7. The normalized spacial score (nSPS) is 22.1. The number of methoxy groups -OCH3 is 1. The van der Waals surface area contributed by atoms with Gasteiger partial charge in [-0.15, -0.1) is 12.4 Å². The molecular formula is C14H29ClN2O3. The van der Waals surface area contributed by atoms with Gasteiger partial charge in [-0.25, -0.2) is 0 Å². The summed E-state index contributed by atoms with van der Waals surface area (Å²) in [6, 6.07) is 0. The number of rotatable bonds is 9. The average Bonchev–Trinajstić information content (AvgIpc) is 2.41. The van der Waals surface area contributed by atoms with Crippen molar-refractivity contribution in [1.29, 1.82) is 0 Å². The smallest absolute Gasteiger partial charge is 0.234 e. The van der Waals surface area contributed by atoms with Gasteiger partial charge in [0, 0.05) is 20.2 Å². The van der Waals surface area contributed by atoms with Crippen molar-refractivity contribution < 1.29 is 14.3 Å². The number of amides is 1. The molecule has 0 radical (unpaired) electrons. The maximum absolute atomic E-state index is 11.5. The molecule has 1 fully saturated rings. The summed E-state index contributed by atoms with van der Waals surface area (Å²) in [7, 11) is 1.64. The third-order valence-corrected chi connectivity index (χ3v) is 3.56. The Bertz CT molecular complexity index is 255. The van der Waals surface area contributed by atoms with Crippen LogP contribution >= 0.6 is 12.4 Å². The fourth-order valence-corrected chi connectivity index (χ4v) is 2.37. The van der Waals surface area contributed by atoms with E-state index in [2.05, 4.69) is 17.6 Å². The predicted octanol–water partition coefficient (Wildman–Crippen LogP) is 1.36. The van der Waals surface area contributed by atoms with E-state index in [0.717, 1.165) is 6.42 Å². The summed E-state index contributed by atoms with van der Waals surface area (Å²) < 4.78 is 10.7. The van der Waals surface area contributed by atoms with Gasteiger partial charge in [0.15, 0.2) is 0 Å². The molecule has 0 aromatic carbocycles. The summed E-state index contributed by atoms with van der Waals surface area (Å²) in [6.45, 7) is 5.11. The molecule has 1 rings (SSSR count). The van der Waals surface area contributed by atoms with Crippen molar-refractivity contribution in [3.8, 4) is 0 Å². The summed E-state index contributed by atoms with van der Waals surface area (Å²) >= 11 is 0. The Kier molecular flexibility index (Phi) is 12.2. The van der Waals surface area contributed by atoms with Crippen LogP contribution in [-0.2, 0) is 14.3 Å². The Balaban J connectivity index is 0.00000361. The first kappa shape index (κ1) is 19.6. The Morgan fingerprint density at radius 1 is 1.20 bits per heavy atom. The third-order valence-electron chi connectivity index (χ3n) is 3.56. The van der Waals surface area contributed by atoms with Gasteiger partial charge in [-0.2, -0.15) is 0 Å². The lowest BCUT2D eigenvalue weighted by Crippen LogP contribution is -2.37. The topological polar surface area (TPSA) is 59.6 Å². The van der Waals surface area contributed by atoms with Crippen LogP contribution in [0, 0.1) is 5.92 Å². The minimum Gasteiger partial charge on any atom is -0.383 e. The van der Waals surface area contributed by atoms with Crippen molar-refractivity contribution in [3.63, 3.8) is 0 Å². The van der Waals surface area contributed by atoms with Crippen LogP contribution in [0.1, 0.15) is 32.6 Å². The van der Waals surface area contributed by atoms with Crippen LogP contribution in [0.2, 0.25) is 0 Å². The Labute approximate surface area is 128 Å². The van der Waals surface area contributed by atoms with Crippen LogP contribution in [0.25, 0.3) is 0 Å². The van der Waals surface area contributed by atoms with Gasteiger partial charge in [0.05, 0.1) is 25.9 Å². The van der Waals surface area contributed by atoms with E-state index in [1.165, 1.54) is 19.3 Å². The molecule has 0 aromatic rings. The summed E-state index contributed by atoms with van der Waals surface area (Å²) in [5.41, 5.74) is 0. The highest BCUT2D eigenvalue weighted by molar-refractivity contribution is 5.85. The molecule has 1 aliphatic carbocycles. The fraction of sp³-hybridized carbons (Fsp3) is 0.929. The summed E-state index contributed by atoms with van der Waals surface area (Å²) in [5.74, 6) is 0.663. The molecule has 6 heteroatoms. The average molecular weight is 309 g/mol. The molecule has 120 valence electrons. The second kappa shape index (κ2) is 12.4. The molecule has 0 saturated heterocycles. The Morgan fingerprint density at radius 2 is 1.95 bits per heavy atom. The molecule has 5 nitrogen and oxygen atoms in total. The number of hydrogen-bond acceptors (Lipinski definition) is 4. The molecule has 1 amide bonds. The van der Waals surface area contributed by atoms with E-state index in [-0.39, 0.29) is 18.3 Å². The molecule has 2 N–H and O–H groups in total. The highest BCUT2D eigenvalue weighted by Crippen LogP contribution is 2.25. The molecule has 1 aliphatic rings. The highest BCUT2D eigenvalue weighted by Gasteiger charge is 2.21. The second-order valence-corrected chi connectivity index (χ2v) is 5.19. The number of carbonyl (C=O) groups excluding carboxylic acids is 1. The molecule has 0 aliphatic heterocycles. The standard InChI is InChI=1S/C14H28N2O3.ClH/c1-12-5-3-4-6-13(12)19-10-8-16-14(17)11-15-7-9-18-2;/h12-13,15H,3-11H2,1-2H3,(H,16,17);1H. The Morgan fingerprint density at radius 3 is 2.65 bits per heavy atom. The Hall–Kier alpha value is -0.360. The first-order valence-corrected chi connectivity index (χ1v) is 7.32. The number of carbonyl (C=O) groups is 1. The molecule has 20 heavy (non-hydrogen) atoms. The van der Waals surface area contributed by atoms with Crippen molar-refractivity contribution in [2.24, 2.45) is 5.92 Å². The van der Waals surface area contributed by atoms with Crippen molar-refractivity contribution in [3.05, 3.63) is 0 Å². The van der Waals surface area contributed by atoms with Gasteiger partial charge in [0.2, 0.25) is 5.91 Å². The first-order valence-electron chi connectivity index (χ1n) is 7.32. The lowest BCUT2D eigenvalue weighted by Gasteiger charge is -2.28. The van der Waals surface area contributed by atoms with E-state index in [0.29, 0.717) is 44.9 Å². The van der Waals surface area contributed by atoms with Crippen LogP contribution in [0.4, 0.5) is 0 Å². The number of hydrogen-bond donors (Lipinski definition) is 2. The predicted molar refractivity (Wildman–Crippen MR) is 82.4 cm³/mol. The second-order valence-electron chi connectivity index (χ2n) is 5.19. The molecule has 2 unspecified atom stereocenters. The van der Waals surface area contributed by atoms with E-state index in [1.54, 1.807) is 7.11 Å². The minimum atomic E-state index is 0. The van der Waals surface area contributed by atoms with Crippen molar-refractivity contribution in [2.45, 2.75) is 38.7 Å². The molecule has 0 heterocycles. The van der Waals surface area contributed by atoms with Gasteiger partial charge < -0.3 is 20.1 Å². The number of nitrogens with one attached hydrogen (secondary N) is 2. The highest BCUT2D eigenvalue weighted by atomic mass is 35.5. The SMILES string of the molecule is COCCNCC(=O)NCCOC1CCCCC1C.Cl. The van der Waals surface area contributed by atoms with Crippen molar-refractivity contribution in [1.82, 2.24) is 10.6 Å². The van der Waals surface area contributed by atoms with E-state index in [1.807, 2.05) is 0 Å². The minimum absolute atomic E-state index is 0. The van der Waals surface area contributed by atoms with Crippen LogP contribution in [0.3, 0.4) is 0 Å². The monoisotopic (exact) mass is 308 g/mol. The zero-order chi connectivity index (χ0) is 13.9. The number of halogens is 1. The lowest BCUT2D eigenvalue weighted by molar-refractivity contribution is -0.120. The van der Waals surface area contributed by atoms with E-state index >= 15 is 0 Å². The first-order chi connectivity index (χ1) is 9.24. The van der Waals surface area contributed by atoms with E-state index < -0.39 is 0 Å². The van der Waals surface area contributed by atoms with Crippen LogP contribution in [0.15, 0.2) is 0 Å². The summed E-state index contributed by atoms with van der Waals surface area (Å²) in [6.07, 6.45) is 5.40. The maximum Gasteiger partial charge on any atom is 0.234 e. The van der Waals surface area contributed by atoms with Gasteiger partial charge in [-0.3, -0.25) is 4.79 Å². The zero-order valence-corrected chi connectivity index (χ0v) is 13.5. The summed E-state index contributed by atoms with van der Waals surface area (Å²) in [5, 5.41) is 5.85. The lowest BCUT2D eigenvalue weighted by atomic mass is 9.88. The van der Waals surface area contributed by atoms with Gasteiger partial charge in [0.1, 0.15) is 0 Å². The largest absolute Gasteiger partial charge is 0.383 e. The molecule has 0 bridgehead atoms. The fourth-order valence-electron chi connectivity index (χ4n) is 2.37. The van der Waals surface area contributed by atoms with Gasteiger partial charge in [-0.05, 0) is 18.8 Å². The number of ether oxygens (including phenoxy) is 2. The molecule has 0 spiro atoms. The van der Waals surface area contributed by atoms with Crippen LogP contribution in [-0.4, -0.2) is 52.0 Å². The molecule has 0 aromatic heterocycles. The van der Waals surface area contributed by atoms with Crippen LogP contribution in [0.5, 0.6) is 0 Å². The summed E-state index contributed by atoms with van der Waals surface area (Å²) in [4.78, 5) is 11.5. The third kappa shape index (κ3) is 8.74. The molecule has 1 saturated carbocycles.